The summed E-state index contributed by atoms with van der Waals surface area (Å²) in [5, 5.41) is 3.38. The molecule has 0 aliphatic carbocycles. The molecule has 7 nitrogen and oxygen atoms in total. The summed E-state index contributed by atoms with van der Waals surface area (Å²) >= 11 is 0.946. The Morgan fingerprint density at radius 1 is 1.24 bits per heavy atom. The van der Waals surface area contributed by atoms with Gasteiger partial charge in [-0.05, 0) is 6.07 Å². The van der Waals surface area contributed by atoms with Crippen LogP contribution in [0.25, 0.3) is 10.2 Å². The van der Waals surface area contributed by atoms with E-state index in [1.807, 2.05) is 0 Å². The predicted molar refractivity (Wildman–Crippen MR) is 85.9 cm³/mol. The Hall–Kier alpha value is -1.66. The number of aromatic nitrogens is 2. The summed E-state index contributed by atoms with van der Waals surface area (Å²) in [6.45, 7) is 0.741. The number of aryl methyl sites for hydroxylation is 1. The fourth-order valence-electron chi connectivity index (χ4n) is 2.73. The van der Waals surface area contributed by atoms with Gasteiger partial charge < -0.3 is 4.90 Å². The van der Waals surface area contributed by atoms with Crippen molar-refractivity contribution in [1.82, 2.24) is 19.0 Å². The van der Waals surface area contributed by atoms with Gasteiger partial charge in [-0.15, -0.1) is 11.3 Å². The zero-order chi connectivity index (χ0) is 18.6. The van der Waals surface area contributed by atoms with Gasteiger partial charge in [0.15, 0.2) is 5.69 Å². The van der Waals surface area contributed by atoms with Gasteiger partial charge in [0, 0.05) is 38.6 Å². The highest BCUT2D eigenvalue weighted by Crippen LogP contribution is 2.37. The maximum Gasteiger partial charge on any atom is 0.435 e. The van der Waals surface area contributed by atoms with Gasteiger partial charge in [-0.2, -0.15) is 22.6 Å². The Bertz CT molecular complexity index is 924. The second-order valence-corrected chi connectivity index (χ2v) is 8.77. The van der Waals surface area contributed by atoms with E-state index in [0.29, 0.717) is 0 Å². The van der Waals surface area contributed by atoms with Crippen LogP contribution in [0.1, 0.15) is 15.4 Å². The third kappa shape index (κ3) is 3.37. The average molecular weight is 396 g/mol. The molecule has 1 amide bonds. The summed E-state index contributed by atoms with van der Waals surface area (Å²) in [5.41, 5.74) is -1.01. The van der Waals surface area contributed by atoms with Crippen LogP contribution in [-0.2, 0) is 23.2 Å². The van der Waals surface area contributed by atoms with Crippen molar-refractivity contribution in [2.75, 3.05) is 32.4 Å². The molecule has 0 spiro atoms. The molecule has 2 aromatic heterocycles. The molecule has 0 atom stereocenters. The molecule has 3 heterocycles. The smallest absolute Gasteiger partial charge is 0.335 e. The van der Waals surface area contributed by atoms with Gasteiger partial charge >= 0.3 is 6.18 Å². The summed E-state index contributed by atoms with van der Waals surface area (Å²) in [4.78, 5) is 14.5. The van der Waals surface area contributed by atoms with E-state index in [9.17, 15) is 26.4 Å². The first kappa shape index (κ1) is 18.1. The minimum atomic E-state index is -4.60. The number of fused-ring (bicyclic) bond motifs is 1. The molecule has 3 rings (SSSR count). The Morgan fingerprint density at radius 2 is 1.84 bits per heavy atom. The number of sulfonamides is 1. The first-order valence-electron chi connectivity index (χ1n) is 7.26. The standard InChI is InChI=1S/C13H15F3N4O3S2/c1-18-12-8(10(17-18)13(14,15)16)7-9(24-12)11(21)19-3-5-20(6-4-19)25(2,22)23/h7H,3-6H2,1-2H3. The molecule has 25 heavy (non-hydrogen) atoms. The number of amides is 1. The van der Waals surface area contributed by atoms with Crippen molar-refractivity contribution in [3.8, 4) is 0 Å². The SMILES string of the molecule is Cn1nc(C(F)(F)F)c2cc(C(=O)N3CCN(S(C)(=O)=O)CC3)sc21. The molecule has 0 saturated carbocycles. The Kier molecular flexibility index (Phi) is 4.32. The molecule has 1 aliphatic rings. The third-order valence-electron chi connectivity index (χ3n) is 3.99. The summed E-state index contributed by atoms with van der Waals surface area (Å²) in [6.07, 6.45) is -3.50. The van der Waals surface area contributed by atoms with Crippen LogP contribution < -0.4 is 0 Å². The minimum absolute atomic E-state index is 0.0990. The Balaban J connectivity index is 1.84. The molecule has 1 fully saturated rings. The first-order valence-corrected chi connectivity index (χ1v) is 9.93. The van der Waals surface area contributed by atoms with Crippen LogP contribution in [0.15, 0.2) is 6.07 Å². The fraction of sp³-hybridized carbons (Fsp3) is 0.538. The van der Waals surface area contributed by atoms with Crippen LogP contribution in [0.3, 0.4) is 0 Å². The molecule has 1 aliphatic heterocycles. The lowest BCUT2D eigenvalue weighted by Gasteiger charge is -2.32. The Morgan fingerprint density at radius 3 is 2.36 bits per heavy atom. The van der Waals surface area contributed by atoms with E-state index < -0.39 is 27.8 Å². The topological polar surface area (TPSA) is 75.5 Å². The number of carbonyl (C=O) groups excluding carboxylic acids is 1. The van der Waals surface area contributed by atoms with Crippen LogP contribution >= 0.6 is 11.3 Å². The van der Waals surface area contributed by atoms with Crippen LogP contribution in [-0.4, -0.2) is 65.7 Å². The van der Waals surface area contributed by atoms with Gasteiger partial charge in [-0.3, -0.25) is 9.48 Å². The summed E-state index contributed by atoms with van der Waals surface area (Å²) < 4.78 is 64.4. The van der Waals surface area contributed by atoms with Crippen LogP contribution in [0.5, 0.6) is 0 Å². The molecule has 2 aromatic rings. The van der Waals surface area contributed by atoms with Gasteiger partial charge in [0.05, 0.1) is 11.1 Å². The monoisotopic (exact) mass is 396 g/mol. The van der Waals surface area contributed by atoms with Crippen molar-refractivity contribution in [2.24, 2.45) is 7.05 Å². The van der Waals surface area contributed by atoms with E-state index in [1.165, 1.54) is 22.3 Å². The first-order chi connectivity index (χ1) is 11.5. The number of thiophene rings is 1. The summed E-state index contributed by atoms with van der Waals surface area (Å²) in [6, 6.07) is 1.21. The lowest BCUT2D eigenvalue weighted by molar-refractivity contribution is -0.140. The number of hydrogen-bond acceptors (Lipinski definition) is 5. The normalized spacial score (nSPS) is 17.4. The van der Waals surface area contributed by atoms with Crippen molar-refractivity contribution >= 4 is 37.5 Å². The fourth-order valence-corrected chi connectivity index (χ4v) is 4.60. The lowest BCUT2D eigenvalue weighted by Crippen LogP contribution is -2.50. The molecular weight excluding hydrogens is 381 g/mol. The highest BCUT2D eigenvalue weighted by molar-refractivity contribution is 7.88. The molecule has 0 bridgehead atoms. The van der Waals surface area contributed by atoms with E-state index in [-0.39, 0.29) is 41.3 Å². The maximum atomic E-state index is 13.0. The number of rotatable bonds is 2. The van der Waals surface area contributed by atoms with Crippen molar-refractivity contribution < 1.29 is 26.4 Å². The van der Waals surface area contributed by atoms with Gasteiger partial charge in [0.1, 0.15) is 4.83 Å². The highest BCUT2D eigenvalue weighted by atomic mass is 32.2. The molecule has 0 aromatic carbocycles. The molecule has 1 saturated heterocycles. The molecule has 0 radical (unpaired) electrons. The lowest BCUT2D eigenvalue weighted by atomic mass is 10.2. The molecule has 0 unspecified atom stereocenters. The van der Waals surface area contributed by atoms with Gasteiger partial charge in [0.2, 0.25) is 10.0 Å². The zero-order valence-corrected chi connectivity index (χ0v) is 15.0. The van der Waals surface area contributed by atoms with E-state index in [0.717, 1.165) is 22.3 Å². The van der Waals surface area contributed by atoms with E-state index >= 15 is 0 Å². The van der Waals surface area contributed by atoms with Gasteiger partial charge in [0.25, 0.3) is 5.91 Å². The number of carbonyl (C=O) groups is 1. The number of nitrogens with zero attached hydrogens (tertiary/aromatic N) is 4. The quantitative estimate of drug-likeness (QED) is 0.769. The average Bonchev–Trinajstić information content (AvgIpc) is 3.06. The minimum Gasteiger partial charge on any atom is -0.335 e. The van der Waals surface area contributed by atoms with E-state index in [2.05, 4.69) is 5.10 Å². The molecular formula is C13H15F3N4O3S2. The van der Waals surface area contributed by atoms with E-state index in [4.69, 9.17) is 0 Å². The molecule has 0 N–H and O–H groups in total. The van der Waals surface area contributed by atoms with Crippen molar-refractivity contribution in [3.63, 3.8) is 0 Å². The number of hydrogen-bond donors (Lipinski definition) is 0. The summed E-state index contributed by atoms with van der Waals surface area (Å²) in [7, 11) is -1.92. The van der Waals surface area contributed by atoms with Crippen molar-refractivity contribution in [1.29, 1.82) is 0 Å². The zero-order valence-electron chi connectivity index (χ0n) is 13.4. The second-order valence-electron chi connectivity index (χ2n) is 5.75. The van der Waals surface area contributed by atoms with E-state index in [1.54, 1.807) is 0 Å². The molecule has 12 heteroatoms. The molecule has 138 valence electrons. The van der Waals surface area contributed by atoms with Gasteiger partial charge in [-0.1, -0.05) is 0 Å². The second kappa shape index (κ2) is 5.95. The summed E-state index contributed by atoms with van der Waals surface area (Å²) in [5.74, 6) is -0.400. The van der Waals surface area contributed by atoms with Crippen LogP contribution in [0, 0.1) is 0 Å². The highest BCUT2D eigenvalue weighted by Gasteiger charge is 2.38. The van der Waals surface area contributed by atoms with Crippen LogP contribution in [0.2, 0.25) is 0 Å². The van der Waals surface area contributed by atoms with Crippen molar-refractivity contribution in [2.45, 2.75) is 6.18 Å². The van der Waals surface area contributed by atoms with Crippen LogP contribution in [0.4, 0.5) is 13.2 Å². The largest absolute Gasteiger partial charge is 0.435 e. The maximum absolute atomic E-state index is 13.0. The van der Waals surface area contributed by atoms with Gasteiger partial charge in [-0.25, -0.2) is 8.42 Å². The van der Waals surface area contributed by atoms with Crippen molar-refractivity contribution in [3.05, 3.63) is 16.6 Å². The number of alkyl halides is 3. The number of piperazine rings is 1. The Labute approximate surface area is 145 Å². The third-order valence-corrected chi connectivity index (χ3v) is 6.48. The predicted octanol–water partition coefficient (Wildman–Crippen LogP) is 1.37. The number of halogens is 3.